The third-order valence-corrected chi connectivity index (χ3v) is 5.84. The van der Waals surface area contributed by atoms with Crippen LogP contribution in [-0.2, 0) is 18.0 Å². The summed E-state index contributed by atoms with van der Waals surface area (Å²) in [6.45, 7) is 3.05. The molecule has 4 aromatic carbocycles. The molecule has 0 aliphatic rings. The molecule has 0 unspecified atom stereocenters. The molecule has 0 heterocycles. The van der Waals surface area contributed by atoms with Gasteiger partial charge in [0.15, 0.2) is 11.5 Å². The molecular weight excluding hydrogens is 512 g/mol. The molecule has 0 fully saturated rings. The van der Waals surface area contributed by atoms with Gasteiger partial charge in [-0.25, -0.2) is 0 Å². The molecule has 196 valence electrons. The number of nitrogens with zero attached hydrogens (tertiary/aromatic N) is 1. The van der Waals surface area contributed by atoms with E-state index in [-0.39, 0.29) is 12.2 Å². The summed E-state index contributed by atoms with van der Waals surface area (Å²) in [6.07, 6.45) is 1.46. The van der Waals surface area contributed by atoms with Crippen LogP contribution in [0, 0.1) is 11.3 Å². The quantitative estimate of drug-likeness (QED) is 0.158. The van der Waals surface area contributed by atoms with Crippen molar-refractivity contribution in [1.82, 2.24) is 0 Å². The van der Waals surface area contributed by atoms with Crippen molar-refractivity contribution in [3.8, 4) is 23.3 Å². The molecule has 0 bridgehead atoms. The molecule has 4 rings (SSSR count). The van der Waals surface area contributed by atoms with Gasteiger partial charge in [-0.15, -0.1) is 0 Å². The molecular formula is C32H27ClN2O4. The van der Waals surface area contributed by atoms with Crippen LogP contribution in [0.1, 0.15) is 23.6 Å². The summed E-state index contributed by atoms with van der Waals surface area (Å²) in [5.74, 6) is 1.21. The first-order chi connectivity index (χ1) is 19.1. The van der Waals surface area contributed by atoms with Gasteiger partial charge in [0.1, 0.15) is 30.6 Å². The number of amides is 1. The first-order valence-corrected chi connectivity index (χ1v) is 12.8. The lowest BCUT2D eigenvalue weighted by molar-refractivity contribution is -0.112. The molecule has 0 saturated heterocycles. The fourth-order valence-electron chi connectivity index (χ4n) is 3.71. The van der Waals surface area contributed by atoms with Crippen molar-refractivity contribution in [3.05, 3.63) is 124 Å². The summed E-state index contributed by atoms with van der Waals surface area (Å²) in [4.78, 5) is 12.7. The smallest absolute Gasteiger partial charge is 0.266 e. The monoisotopic (exact) mass is 538 g/mol. The average Bonchev–Trinajstić information content (AvgIpc) is 2.96. The highest BCUT2D eigenvalue weighted by atomic mass is 35.5. The molecule has 7 heteroatoms. The fraction of sp³-hybridized carbons (Fsp3) is 0.125. The highest BCUT2D eigenvalue weighted by Gasteiger charge is 2.13. The second kappa shape index (κ2) is 13.7. The van der Waals surface area contributed by atoms with E-state index in [2.05, 4.69) is 5.32 Å². The van der Waals surface area contributed by atoms with Crippen LogP contribution in [0.3, 0.4) is 0 Å². The number of hydrogen-bond acceptors (Lipinski definition) is 5. The van der Waals surface area contributed by atoms with Crippen LogP contribution in [0.25, 0.3) is 6.08 Å². The second-order valence-corrected chi connectivity index (χ2v) is 8.89. The highest BCUT2D eigenvalue weighted by molar-refractivity contribution is 6.30. The first-order valence-electron chi connectivity index (χ1n) is 12.4. The van der Waals surface area contributed by atoms with Gasteiger partial charge in [-0.1, -0.05) is 66.2 Å². The molecule has 6 nitrogen and oxygen atoms in total. The van der Waals surface area contributed by atoms with Crippen molar-refractivity contribution < 1.29 is 19.0 Å². The molecule has 0 saturated carbocycles. The minimum absolute atomic E-state index is 0.0791. The van der Waals surface area contributed by atoms with E-state index in [4.69, 9.17) is 25.8 Å². The Hall–Kier alpha value is -4.73. The van der Waals surface area contributed by atoms with E-state index in [1.807, 2.05) is 67.6 Å². The van der Waals surface area contributed by atoms with E-state index >= 15 is 0 Å². The Morgan fingerprint density at radius 2 is 1.49 bits per heavy atom. The normalized spacial score (nSPS) is 10.8. The largest absolute Gasteiger partial charge is 0.490 e. The Morgan fingerprint density at radius 1 is 0.821 bits per heavy atom. The topological polar surface area (TPSA) is 80.6 Å². The molecule has 0 radical (unpaired) electrons. The standard InChI is InChI=1S/C32H27ClN2O4/c1-2-37-31-17-24(13-15-30(31)39-21-23-9-5-3-6-10-23)22-38-29-16-14-27(33)19-25(29)18-26(20-34)32(36)35-28-11-7-4-8-12-28/h3-19H,2,21-22H2,1H3,(H,35,36)/b26-18+. The summed E-state index contributed by atoms with van der Waals surface area (Å²) in [6, 6.07) is 31.5. The molecule has 0 atom stereocenters. The molecule has 0 aliphatic carbocycles. The van der Waals surface area contributed by atoms with Crippen molar-refractivity contribution in [1.29, 1.82) is 5.26 Å². The van der Waals surface area contributed by atoms with Crippen LogP contribution in [0.2, 0.25) is 5.02 Å². The van der Waals surface area contributed by atoms with E-state index in [1.54, 1.807) is 42.5 Å². The van der Waals surface area contributed by atoms with Crippen molar-refractivity contribution in [3.63, 3.8) is 0 Å². The van der Waals surface area contributed by atoms with E-state index < -0.39 is 5.91 Å². The van der Waals surface area contributed by atoms with Crippen LogP contribution >= 0.6 is 11.6 Å². The summed E-state index contributed by atoms with van der Waals surface area (Å²) in [7, 11) is 0. The number of carbonyl (C=O) groups is 1. The SMILES string of the molecule is CCOc1cc(COc2ccc(Cl)cc2/C=C(\C#N)C(=O)Nc2ccccc2)ccc1OCc1ccccc1. The minimum Gasteiger partial charge on any atom is -0.490 e. The van der Waals surface area contributed by atoms with E-state index in [0.717, 1.165) is 11.1 Å². The number of para-hydroxylation sites is 1. The van der Waals surface area contributed by atoms with Gasteiger partial charge in [-0.05, 0) is 66.6 Å². The zero-order chi connectivity index (χ0) is 27.5. The second-order valence-electron chi connectivity index (χ2n) is 8.45. The van der Waals surface area contributed by atoms with Crippen LogP contribution in [0.5, 0.6) is 17.2 Å². The Bertz CT molecular complexity index is 1480. The molecule has 0 spiro atoms. The van der Waals surface area contributed by atoms with Gasteiger partial charge in [-0.2, -0.15) is 5.26 Å². The van der Waals surface area contributed by atoms with Crippen LogP contribution in [-0.4, -0.2) is 12.5 Å². The number of rotatable bonds is 11. The van der Waals surface area contributed by atoms with E-state index in [9.17, 15) is 10.1 Å². The Kier molecular flexibility index (Phi) is 9.60. The van der Waals surface area contributed by atoms with Crippen molar-refractivity contribution in [2.45, 2.75) is 20.1 Å². The van der Waals surface area contributed by atoms with E-state index in [1.165, 1.54) is 6.08 Å². The van der Waals surface area contributed by atoms with Crippen LogP contribution in [0.4, 0.5) is 5.69 Å². The Balaban J connectivity index is 1.49. The fourth-order valence-corrected chi connectivity index (χ4v) is 3.89. The van der Waals surface area contributed by atoms with Gasteiger partial charge >= 0.3 is 0 Å². The van der Waals surface area contributed by atoms with Gasteiger partial charge in [0.2, 0.25) is 0 Å². The van der Waals surface area contributed by atoms with Crippen LogP contribution in [0.15, 0.2) is 103 Å². The van der Waals surface area contributed by atoms with Gasteiger partial charge in [0, 0.05) is 16.3 Å². The van der Waals surface area contributed by atoms with Gasteiger partial charge < -0.3 is 19.5 Å². The Labute approximate surface area is 233 Å². The number of carbonyl (C=O) groups excluding carboxylic acids is 1. The molecule has 0 aromatic heterocycles. The lowest BCUT2D eigenvalue weighted by Gasteiger charge is -2.15. The minimum atomic E-state index is -0.526. The number of ether oxygens (including phenoxy) is 3. The molecule has 4 aromatic rings. The lowest BCUT2D eigenvalue weighted by atomic mass is 10.1. The molecule has 1 amide bonds. The number of halogens is 1. The average molecular weight is 539 g/mol. The number of nitrogens with one attached hydrogen (secondary N) is 1. The maximum atomic E-state index is 12.7. The van der Waals surface area contributed by atoms with Crippen LogP contribution < -0.4 is 19.5 Å². The predicted molar refractivity (Wildman–Crippen MR) is 153 cm³/mol. The highest BCUT2D eigenvalue weighted by Crippen LogP contribution is 2.31. The van der Waals surface area contributed by atoms with Gasteiger partial charge in [0.05, 0.1) is 6.61 Å². The maximum absolute atomic E-state index is 12.7. The molecule has 1 N–H and O–H groups in total. The van der Waals surface area contributed by atoms with Gasteiger partial charge in [-0.3, -0.25) is 4.79 Å². The summed E-state index contributed by atoms with van der Waals surface area (Å²) in [5.41, 5.74) is 2.94. The van der Waals surface area contributed by atoms with E-state index in [0.29, 0.717) is 46.7 Å². The summed E-state index contributed by atoms with van der Waals surface area (Å²) in [5, 5.41) is 12.8. The number of hydrogen-bond donors (Lipinski definition) is 1. The van der Waals surface area contributed by atoms with Crippen molar-refractivity contribution in [2.75, 3.05) is 11.9 Å². The zero-order valence-corrected chi connectivity index (χ0v) is 22.2. The van der Waals surface area contributed by atoms with Crippen molar-refractivity contribution in [2.24, 2.45) is 0 Å². The Morgan fingerprint density at radius 3 is 2.21 bits per heavy atom. The number of nitriles is 1. The summed E-state index contributed by atoms with van der Waals surface area (Å²) < 4.78 is 17.9. The number of anilines is 1. The molecule has 0 aliphatic heterocycles. The molecule has 39 heavy (non-hydrogen) atoms. The van der Waals surface area contributed by atoms with Crippen molar-refractivity contribution >= 4 is 29.3 Å². The van der Waals surface area contributed by atoms with Gasteiger partial charge in [0.25, 0.3) is 5.91 Å². The predicted octanol–water partition coefficient (Wildman–Crippen LogP) is 7.44. The summed E-state index contributed by atoms with van der Waals surface area (Å²) >= 11 is 6.22. The zero-order valence-electron chi connectivity index (χ0n) is 21.4. The third-order valence-electron chi connectivity index (χ3n) is 5.61. The third kappa shape index (κ3) is 7.88. The lowest BCUT2D eigenvalue weighted by Crippen LogP contribution is -2.13. The maximum Gasteiger partial charge on any atom is 0.266 e. The first kappa shape index (κ1) is 27.3. The number of benzene rings is 4.